The van der Waals surface area contributed by atoms with Gasteiger partial charge in [0.1, 0.15) is 0 Å². The Bertz CT molecular complexity index is 321. The molecule has 21 heavy (non-hydrogen) atoms. The highest BCUT2D eigenvalue weighted by molar-refractivity contribution is 6.60. The predicted molar refractivity (Wildman–Crippen MR) is 83.6 cm³/mol. The Morgan fingerprint density at radius 2 is 1.52 bits per heavy atom. The molecular weight excluding hydrogens is 312 g/mol. The highest BCUT2D eigenvalue weighted by Gasteiger charge is 2.36. The third-order valence-electron chi connectivity index (χ3n) is 2.34. The molecule has 0 atom stereocenters. The number of ether oxygens (including phenoxy) is 1. The lowest BCUT2D eigenvalue weighted by molar-refractivity contribution is -0.137. The van der Waals surface area contributed by atoms with Crippen LogP contribution in [-0.4, -0.2) is 59.2 Å². The molecule has 0 aromatic heterocycles. The smallest absolute Gasteiger partial charge is 0.500 e. The Morgan fingerprint density at radius 1 is 1.05 bits per heavy atom. The fourth-order valence-corrected chi connectivity index (χ4v) is 3.02. The molecule has 0 bridgehead atoms. The molecule has 0 fully saturated rings. The van der Waals surface area contributed by atoms with Crippen molar-refractivity contribution in [1.29, 1.82) is 0 Å². The molecule has 0 spiro atoms. The fourth-order valence-electron chi connectivity index (χ4n) is 1.16. The van der Waals surface area contributed by atoms with E-state index in [0.29, 0.717) is 29.6 Å². The summed E-state index contributed by atoms with van der Waals surface area (Å²) in [5.41, 5.74) is 0. The van der Waals surface area contributed by atoms with E-state index in [0.717, 1.165) is 12.2 Å². The summed E-state index contributed by atoms with van der Waals surface area (Å²) in [5.74, 6) is -0.754. The zero-order chi connectivity index (χ0) is 16.7. The van der Waals surface area contributed by atoms with Gasteiger partial charge in [0.05, 0.1) is 6.61 Å². The summed E-state index contributed by atoms with van der Waals surface area (Å²) in [6.45, 7) is 6.79. The van der Waals surface area contributed by atoms with Gasteiger partial charge in [0.2, 0.25) is 10.5 Å². The van der Waals surface area contributed by atoms with Gasteiger partial charge in [-0.3, -0.25) is 0 Å². The van der Waals surface area contributed by atoms with E-state index in [4.69, 9.17) is 18.0 Å². The van der Waals surface area contributed by atoms with Crippen molar-refractivity contribution in [1.82, 2.24) is 0 Å². The van der Waals surface area contributed by atoms with E-state index in [1.54, 1.807) is 21.3 Å². The molecule has 0 heterocycles. The van der Waals surface area contributed by atoms with Crippen LogP contribution in [0.25, 0.3) is 0 Å². The van der Waals surface area contributed by atoms with E-state index >= 15 is 0 Å². The maximum absolute atomic E-state index is 10.7. The van der Waals surface area contributed by atoms with Crippen molar-refractivity contribution in [2.75, 3.05) is 27.9 Å². The summed E-state index contributed by atoms with van der Waals surface area (Å²) in [5, 5.41) is 0. The van der Waals surface area contributed by atoms with Crippen LogP contribution in [0.1, 0.15) is 6.42 Å². The molecule has 0 aliphatic heterocycles. The lowest BCUT2D eigenvalue weighted by Gasteiger charge is -2.23. The number of carbonyl (C=O) groups excluding carboxylic acids is 2. The SMILES string of the molecule is C=CC(=O)OCCC[Si](OC)(OC)OC.C=CC(=O)O[SiH3]. The Morgan fingerprint density at radius 3 is 1.81 bits per heavy atom. The molecule has 0 saturated heterocycles. The maximum Gasteiger partial charge on any atom is 0.500 e. The van der Waals surface area contributed by atoms with E-state index in [2.05, 4.69) is 17.6 Å². The normalized spacial score (nSPS) is 10.0. The average Bonchev–Trinajstić information content (AvgIpc) is 2.55. The van der Waals surface area contributed by atoms with Gasteiger partial charge in [-0.05, 0) is 6.42 Å². The predicted octanol–water partition coefficient (Wildman–Crippen LogP) is -0.0202. The second kappa shape index (κ2) is 13.7. The lowest BCUT2D eigenvalue weighted by Crippen LogP contribution is -2.42. The molecule has 0 unspecified atom stereocenters. The van der Waals surface area contributed by atoms with Crippen LogP contribution in [0.3, 0.4) is 0 Å². The van der Waals surface area contributed by atoms with Crippen molar-refractivity contribution < 1.29 is 32.0 Å². The first-order valence-electron chi connectivity index (χ1n) is 6.10. The van der Waals surface area contributed by atoms with Crippen molar-refractivity contribution in [3.8, 4) is 0 Å². The zero-order valence-corrected chi connectivity index (χ0v) is 16.0. The largest absolute Gasteiger partial charge is 0.526 e. The van der Waals surface area contributed by atoms with E-state index < -0.39 is 14.8 Å². The number of carbonyl (C=O) groups is 2. The Balaban J connectivity index is 0. The van der Waals surface area contributed by atoms with Crippen molar-refractivity contribution in [2.24, 2.45) is 0 Å². The average molecular weight is 336 g/mol. The first-order valence-corrected chi connectivity index (χ1v) is 8.85. The second-order valence-corrected chi connectivity index (χ2v) is 7.00. The van der Waals surface area contributed by atoms with Crippen LogP contribution in [0, 0.1) is 0 Å². The van der Waals surface area contributed by atoms with Gasteiger partial charge >= 0.3 is 20.7 Å². The van der Waals surface area contributed by atoms with Gasteiger partial charge in [0.25, 0.3) is 0 Å². The molecule has 0 N–H and O–H groups in total. The minimum absolute atomic E-state index is 0.315. The molecule has 0 aliphatic carbocycles. The first-order chi connectivity index (χ1) is 9.94. The van der Waals surface area contributed by atoms with Crippen molar-refractivity contribution in [3.63, 3.8) is 0 Å². The van der Waals surface area contributed by atoms with Gasteiger partial charge in [0.15, 0.2) is 0 Å². The van der Waals surface area contributed by atoms with Crippen LogP contribution >= 0.6 is 0 Å². The summed E-state index contributed by atoms with van der Waals surface area (Å²) in [7, 11) is 2.60. The molecule has 0 saturated carbocycles. The Kier molecular flexibility index (Phi) is 14.4. The van der Waals surface area contributed by atoms with Crippen LogP contribution < -0.4 is 0 Å². The fraction of sp³-hybridized carbons (Fsp3) is 0.500. The van der Waals surface area contributed by atoms with E-state index in [9.17, 15) is 9.59 Å². The van der Waals surface area contributed by atoms with Crippen molar-refractivity contribution in [3.05, 3.63) is 25.3 Å². The molecule has 0 aliphatic rings. The summed E-state index contributed by atoms with van der Waals surface area (Å²) < 4.78 is 24.7. The van der Waals surface area contributed by atoms with Gasteiger partial charge in [-0.1, -0.05) is 13.2 Å². The number of rotatable bonds is 9. The minimum Gasteiger partial charge on any atom is -0.526 e. The van der Waals surface area contributed by atoms with Crippen LogP contribution in [-0.2, 0) is 32.0 Å². The van der Waals surface area contributed by atoms with E-state index in [-0.39, 0.29) is 5.97 Å². The second-order valence-electron chi connectivity index (χ2n) is 3.50. The van der Waals surface area contributed by atoms with Crippen LogP contribution in [0.4, 0.5) is 0 Å². The number of esters is 1. The maximum atomic E-state index is 10.7. The van der Waals surface area contributed by atoms with Crippen LogP contribution in [0.2, 0.25) is 6.04 Å². The van der Waals surface area contributed by atoms with Crippen LogP contribution in [0.5, 0.6) is 0 Å². The molecule has 9 heteroatoms. The molecule has 7 nitrogen and oxygen atoms in total. The van der Waals surface area contributed by atoms with Gasteiger partial charge in [-0.15, -0.1) is 0 Å². The summed E-state index contributed by atoms with van der Waals surface area (Å²) >= 11 is 0. The molecular formula is C12H24O7Si2. The summed E-state index contributed by atoms with van der Waals surface area (Å²) in [4.78, 5) is 20.6. The first kappa shape index (κ1) is 22.0. The van der Waals surface area contributed by atoms with Gasteiger partial charge < -0.3 is 22.4 Å². The summed E-state index contributed by atoms with van der Waals surface area (Å²) in [6, 6.07) is 0.612. The lowest BCUT2D eigenvalue weighted by atomic mass is 10.5. The standard InChI is InChI=1S/C9H18O5Si.C3H6O2Si/c1-5-9(10)14-7-6-8-15(11-2,12-3)13-4;1-2-3(4)5-6/h5H,1,6-8H2,2-4H3;2H,1H2,6H3. The van der Waals surface area contributed by atoms with Crippen molar-refractivity contribution >= 4 is 31.2 Å². The molecule has 0 radical (unpaired) electrons. The zero-order valence-electron chi connectivity index (χ0n) is 13.0. The number of hydrogen-bond donors (Lipinski definition) is 0. The molecule has 0 aromatic carbocycles. The highest BCUT2D eigenvalue weighted by Crippen LogP contribution is 2.14. The molecule has 122 valence electrons. The third-order valence-corrected chi connectivity index (χ3v) is 5.57. The number of hydrogen-bond acceptors (Lipinski definition) is 7. The third kappa shape index (κ3) is 11.1. The van der Waals surface area contributed by atoms with Crippen LogP contribution in [0.15, 0.2) is 25.3 Å². The van der Waals surface area contributed by atoms with Gasteiger partial charge in [-0.25, -0.2) is 9.59 Å². The monoisotopic (exact) mass is 336 g/mol. The summed E-state index contributed by atoms with van der Waals surface area (Å²) in [6.07, 6.45) is 2.92. The molecule has 0 amide bonds. The van der Waals surface area contributed by atoms with E-state index in [1.165, 1.54) is 0 Å². The highest BCUT2D eigenvalue weighted by atomic mass is 28.4. The van der Waals surface area contributed by atoms with Gasteiger partial charge in [-0.2, -0.15) is 0 Å². The van der Waals surface area contributed by atoms with E-state index in [1.807, 2.05) is 0 Å². The quantitative estimate of drug-likeness (QED) is 0.253. The molecule has 0 rings (SSSR count). The topological polar surface area (TPSA) is 80.3 Å². The Labute approximate surface area is 129 Å². The minimum atomic E-state index is -2.52. The van der Waals surface area contributed by atoms with Gasteiger partial charge in [0, 0.05) is 39.5 Å². The molecule has 0 aromatic rings. The van der Waals surface area contributed by atoms with Crippen molar-refractivity contribution in [2.45, 2.75) is 12.5 Å². The Hall–Kier alpha value is -1.27.